The number of hydrogen-bond donors (Lipinski definition) is 2. The summed E-state index contributed by atoms with van der Waals surface area (Å²) in [5.41, 5.74) is 1.63. The number of fused-ring (bicyclic) bond motifs is 1. The molecule has 0 atom stereocenters. The van der Waals surface area contributed by atoms with E-state index in [-0.39, 0.29) is 28.0 Å². The number of nitrogens with zero attached hydrogens (tertiary/aromatic N) is 1. The highest BCUT2D eigenvalue weighted by Crippen LogP contribution is 2.43. The molecule has 3 rings (SSSR count). The van der Waals surface area contributed by atoms with Crippen LogP contribution in [0.2, 0.25) is 0 Å². The van der Waals surface area contributed by atoms with Crippen LogP contribution in [0.5, 0.6) is 0 Å². The van der Waals surface area contributed by atoms with Crippen molar-refractivity contribution in [1.29, 1.82) is 0 Å². The summed E-state index contributed by atoms with van der Waals surface area (Å²) in [6.45, 7) is 4.38. The minimum absolute atomic E-state index is 0.0448. The van der Waals surface area contributed by atoms with Crippen molar-refractivity contribution in [2.75, 3.05) is 18.0 Å². The smallest absolute Gasteiger partial charge is 0.240 e. The molecule has 2 aromatic carbocycles. The van der Waals surface area contributed by atoms with Gasteiger partial charge in [0.25, 0.3) is 0 Å². The highest BCUT2D eigenvalue weighted by atomic mass is 32.2. The number of nitrogens with two attached hydrogens (primary N) is 1. The summed E-state index contributed by atoms with van der Waals surface area (Å²) < 4.78 is 22.4. The second kappa shape index (κ2) is 8.79. The third-order valence-corrected chi connectivity index (χ3v) is 6.90. The summed E-state index contributed by atoms with van der Waals surface area (Å²) in [4.78, 5) is 27.9. The topological polar surface area (TPSA) is 110 Å². The largest absolute Gasteiger partial charge is 0.354 e. The average molecular weight is 448 g/mol. The van der Waals surface area contributed by atoms with E-state index < -0.39 is 10.0 Å². The molecular weight excluding hydrogens is 422 g/mol. The Hall–Kier alpha value is -2.36. The molecule has 0 fully saturated rings. The van der Waals surface area contributed by atoms with Crippen molar-refractivity contribution in [3.8, 4) is 0 Å². The highest BCUT2D eigenvalue weighted by molar-refractivity contribution is 8.00. The van der Waals surface area contributed by atoms with Gasteiger partial charge in [0.2, 0.25) is 21.8 Å². The number of rotatable bonds is 6. The summed E-state index contributed by atoms with van der Waals surface area (Å²) in [5, 5.41) is 7.92. The first-order chi connectivity index (χ1) is 14.0. The molecular formula is C21H25N3O4S2. The molecule has 0 aromatic heterocycles. The van der Waals surface area contributed by atoms with Gasteiger partial charge in [-0.3, -0.25) is 9.59 Å². The molecule has 2 amide bonds. The molecule has 1 aliphatic heterocycles. The average Bonchev–Trinajstić information content (AvgIpc) is 2.74. The van der Waals surface area contributed by atoms with E-state index in [9.17, 15) is 18.0 Å². The Morgan fingerprint density at radius 2 is 1.83 bits per heavy atom. The SMILES string of the molecule is CC1(C)CC(=O)N(CC(=O)NCCc2ccc(S(N)(=O)=O)cc2)c2ccccc2S1. The number of benzene rings is 2. The van der Waals surface area contributed by atoms with Crippen LogP contribution in [0.3, 0.4) is 0 Å². The maximum Gasteiger partial charge on any atom is 0.240 e. The number of carbonyl (C=O) groups excluding carboxylic acids is 2. The van der Waals surface area contributed by atoms with E-state index in [0.29, 0.717) is 19.4 Å². The van der Waals surface area contributed by atoms with Crippen molar-refractivity contribution < 1.29 is 18.0 Å². The highest BCUT2D eigenvalue weighted by Gasteiger charge is 2.33. The van der Waals surface area contributed by atoms with Gasteiger partial charge in [-0.15, -0.1) is 11.8 Å². The number of thioether (sulfide) groups is 1. The number of carbonyl (C=O) groups is 2. The monoisotopic (exact) mass is 447 g/mol. The normalized spacial score (nSPS) is 16.0. The molecule has 0 radical (unpaired) electrons. The summed E-state index contributed by atoms with van der Waals surface area (Å²) in [7, 11) is -3.72. The molecule has 1 aliphatic rings. The van der Waals surface area contributed by atoms with Gasteiger partial charge >= 0.3 is 0 Å². The summed E-state index contributed by atoms with van der Waals surface area (Å²) in [6.07, 6.45) is 0.875. The number of hydrogen-bond acceptors (Lipinski definition) is 5. The molecule has 2 aromatic rings. The zero-order valence-electron chi connectivity index (χ0n) is 16.9. The lowest BCUT2D eigenvalue weighted by Crippen LogP contribution is -2.42. The van der Waals surface area contributed by atoms with Gasteiger partial charge in [-0.05, 0) is 50.1 Å². The molecule has 0 unspecified atom stereocenters. The first-order valence-electron chi connectivity index (χ1n) is 9.52. The maximum absolute atomic E-state index is 12.8. The van der Waals surface area contributed by atoms with Crippen LogP contribution < -0.4 is 15.4 Å². The minimum Gasteiger partial charge on any atom is -0.354 e. The Labute approximate surface area is 181 Å². The van der Waals surface area contributed by atoms with Gasteiger partial charge in [-0.2, -0.15) is 0 Å². The van der Waals surface area contributed by atoms with Crippen LogP contribution in [0.1, 0.15) is 25.8 Å². The van der Waals surface area contributed by atoms with Crippen LogP contribution in [-0.2, 0) is 26.0 Å². The minimum atomic E-state index is -3.72. The number of nitrogens with one attached hydrogen (secondary N) is 1. The number of primary sulfonamides is 1. The van der Waals surface area contributed by atoms with E-state index in [2.05, 4.69) is 5.32 Å². The van der Waals surface area contributed by atoms with Gasteiger partial charge < -0.3 is 10.2 Å². The fourth-order valence-corrected chi connectivity index (χ4v) is 4.99. The van der Waals surface area contributed by atoms with Gasteiger partial charge in [-0.25, -0.2) is 13.6 Å². The van der Waals surface area contributed by atoms with Gasteiger partial charge in [0.15, 0.2) is 0 Å². The maximum atomic E-state index is 12.8. The Kier molecular flexibility index (Phi) is 6.54. The standard InChI is InChI=1S/C21H25N3O4S2/c1-21(2)13-20(26)24(17-5-3-4-6-18(17)29-21)14-19(25)23-12-11-15-7-9-16(10-8-15)30(22,27)28/h3-10H,11-14H2,1-2H3,(H,23,25)(H2,22,27,28). The quantitative estimate of drug-likeness (QED) is 0.706. The Bertz CT molecular complexity index is 1050. The van der Waals surface area contributed by atoms with Gasteiger partial charge in [-0.1, -0.05) is 24.3 Å². The van der Waals surface area contributed by atoms with Crippen LogP contribution in [0.25, 0.3) is 0 Å². The Balaban J connectivity index is 1.61. The third kappa shape index (κ3) is 5.62. The molecule has 1 heterocycles. The molecule has 0 aliphatic carbocycles. The molecule has 160 valence electrons. The van der Waals surface area contributed by atoms with E-state index in [1.807, 2.05) is 38.1 Å². The molecule has 0 spiro atoms. The summed E-state index contributed by atoms with van der Waals surface area (Å²) in [6, 6.07) is 13.8. The second-order valence-corrected chi connectivity index (χ2v) is 11.1. The number of amides is 2. The van der Waals surface area contributed by atoms with Gasteiger partial charge in [0.1, 0.15) is 6.54 Å². The van der Waals surface area contributed by atoms with Gasteiger partial charge in [0.05, 0.1) is 10.6 Å². The van der Waals surface area contributed by atoms with Crippen LogP contribution in [-0.4, -0.2) is 38.1 Å². The van der Waals surface area contributed by atoms with Crippen LogP contribution in [0, 0.1) is 0 Å². The zero-order valence-corrected chi connectivity index (χ0v) is 18.6. The van der Waals surface area contributed by atoms with Crippen molar-refractivity contribution in [2.24, 2.45) is 5.14 Å². The van der Waals surface area contributed by atoms with E-state index in [1.54, 1.807) is 28.8 Å². The molecule has 9 heteroatoms. The number of para-hydroxylation sites is 1. The number of anilines is 1. The predicted molar refractivity (Wildman–Crippen MR) is 118 cm³/mol. The van der Waals surface area contributed by atoms with E-state index in [1.165, 1.54) is 12.1 Å². The molecule has 3 N–H and O–H groups in total. The molecule has 0 saturated heterocycles. The number of sulfonamides is 1. The van der Waals surface area contributed by atoms with Crippen molar-refractivity contribution in [2.45, 2.75) is 41.2 Å². The lowest BCUT2D eigenvalue weighted by Gasteiger charge is -2.22. The van der Waals surface area contributed by atoms with Crippen molar-refractivity contribution >= 4 is 39.3 Å². The van der Waals surface area contributed by atoms with Gasteiger partial charge in [0, 0.05) is 22.6 Å². The van der Waals surface area contributed by atoms with Crippen LogP contribution in [0.15, 0.2) is 58.3 Å². The molecule has 30 heavy (non-hydrogen) atoms. The van der Waals surface area contributed by atoms with Crippen LogP contribution in [0.4, 0.5) is 5.69 Å². The van der Waals surface area contributed by atoms with E-state index in [0.717, 1.165) is 16.1 Å². The van der Waals surface area contributed by atoms with Crippen LogP contribution >= 0.6 is 11.8 Å². The van der Waals surface area contributed by atoms with Crippen molar-refractivity contribution in [3.05, 3.63) is 54.1 Å². The first kappa shape index (κ1) is 22.3. The molecule has 0 saturated carbocycles. The van der Waals surface area contributed by atoms with E-state index in [4.69, 9.17) is 5.14 Å². The van der Waals surface area contributed by atoms with Crippen molar-refractivity contribution in [1.82, 2.24) is 5.32 Å². The summed E-state index contributed by atoms with van der Waals surface area (Å²) in [5.74, 6) is -0.324. The lowest BCUT2D eigenvalue weighted by molar-refractivity contribution is -0.124. The fourth-order valence-electron chi connectivity index (χ4n) is 3.26. The second-order valence-electron chi connectivity index (χ2n) is 7.78. The predicted octanol–water partition coefficient (Wildman–Crippen LogP) is 2.30. The van der Waals surface area contributed by atoms with E-state index >= 15 is 0 Å². The first-order valence-corrected chi connectivity index (χ1v) is 11.9. The third-order valence-electron chi connectivity index (χ3n) is 4.71. The summed E-state index contributed by atoms with van der Waals surface area (Å²) >= 11 is 1.64. The fraction of sp³-hybridized carbons (Fsp3) is 0.333. The Morgan fingerprint density at radius 1 is 1.17 bits per heavy atom. The zero-order chi connectivity index (χ0) is 21.9. The molecule has 7 nitrogen and oxygen atoms in total. The lowest BCUT2D eigenvalue weighted by atomic mass is 10.1. The van der Waals surface area contributed by atoms with Crippen molar-refractivity contribution in [3.63, 3.8) is 0 Å². The Morgan fingerprint density at radius 3 is 2.50 bits per heavy atom. The molecule has 0 bridgehead atoms.